The van der Waals surface area contributed by atoms with Gasteiger partial charge in [-0.25, -0.2) is 0 Å². The van der Waals surface area contributed by atoms with E-state index in [1.54, 1.807) is 0 Å². The molecule has 25 heavy (non-hydrogen) atoms. The highest BCUT2D eigenvalue weighted by molar-refractivity contribution is 5.76. The molecule has 2 aromatic rings. The fraction of sp³-hybridized carbons (Fsp3) is 0.381. The topological polar surface area (TPSA) is 58.4 Å². The molecule has 1 amide bonds. The van der Waals surface area contributed by atoms with Gasteiger partial charge in [-0.3, -0.25) is 9.69 Å². The fourth-order valence-electron chi connectivity index (χ4n) is 2.83. The van der Waals surface area contributed by atoms with Gasteiger partial charge in [-0.1, -0.05) is 68.4 Å². The van der Waals surface area contributed by atoms with Crippen LogP contribution in [0.5, 0.6) is 0 Å². The van der Waals surface area contributed by atoms with E-state index in [1.807, 2.05) is 36.4 Å². The van der Waals surface area contributed by atoms with Crippen LogP contribution in [0.3, 0.4) is 0 Å². The quantitative estimate of drug-likeness (QED) is 0.737. The fourth-order valence-corrected chi connectivity index (χ4v) is 2.83. The van der Waals surface area contributed by atoms with Crippen LogP contribution in [0, 0.1) is 0 Å². The number of benzene rings is 2. The predicted octanol–water partition coefficient (Wildman–Crippen LogP) is 3.23. The van der Waals surface area contributed by atoms with E-state index in [0.717, 1.165) is 30.8 Å². The summed E-state index contributed by atoms with van der Waals surface area (Å²) in [5.41, 5.74) is 9.48. The van der Waals surface area contributed by atoms with Crippen molar-refractivity contribution >= 4 is 5.91 Å². The van der Waals surface area contributed by atoms with Gasteiger partial charge in [0.15, 0.2) is 0 Å². The summed E-state index contributed by atoms with van der Waals surface area (Å²) in [5, 5.41) is 2.98. The number of carbonyl (C=O) groups excluding carboxylic acids is 1. The SMILES string of the molecule is CCN(CC)Cc1cccc(CNC(=O)CC(N)c2ccccc2)c1. The Kier molecular flexibility index (Phi) is 7.64. The highest BCUT2D eigenvalue weighted by Crippen LogP contribution is 2.13. The Bertz CT molecular complexity index is 653. The molecule has 0 aliphatic heterocycles. The lowest BCUT2D eigenvalue weighted by Gasteiger charge is -2.18. The molecule has 0 saturated carbocycles. The molecule has 1 unspecified atom stereocenters. The van der Waals surface area contributed by atoms with Crippen molar-refractivity contribution in [3.8, 4) is 0 Å². The first kappa shape index (κ1) is 19.2. The van der Waals surface area contributed by atoms with Crippen LogP contribution in [0.4, 0.5) is 0 Å². The Labute approximate surface area is 151 Å². The highest BCUT2D eigenvalue weighted by atomic mass is 16.1. The van der Waals surface area contributed by atoms with Crippen molar-refractivity contribution in [3.05, 3.63) is 71.3 Å². The smallest absolute Gasteiger partial charge is 0.222 e. The molecule has 0 saturated heterocycles. The first-order valence-corrected chi connectivity index (χ1v) is 8.99. The van der Waals surface area contributed by atoms with E-state index in [9.17, 15) is 4.79 Å². The molecule has 4 heteroatoms. The van der Waals surface area contributed by atoms with Crippen molar-refractivity contribution in [2.24, 2.45) is 5.73 Å². The average molecular weight is 339 g/mol. The van der Waals surface area contributed by atoms with Crippen LogP contribution < -0.4 is 11.1 Å². The molecule has 0 aliphatic carbocycles. The van der Waals surface area contributed by atoms with Gasteiger partial charge >= 0.3 is 0 Å². The van der Waals surface area contributed by atoms with Gasteiger partial charge in [0.2, 0.25) is 5.91 Å². The molecule has 0 bridgehead atoms. The van der Waals surface area contributed by atoms with E-state index in [0.29, 0.717) is 13.0 Å². The molecule has 4 nitrogen and oxygen atoms in total. The number of hydrogen-bond donors (Lipinski definition) is 2. The molecule has 1 atom stereocenters. The first-order chi connectivity index (χ1) is 12.1. The first-order valence-electron chi connectivity index (χ1n) is 8.99. The van der Waals surface area contributed by atoms with E-state index in [4.69, 9.17) is 5.73 Å². The third-order valence-corrected chi connectivity index (χ3v) is 4.41. The minimum atomic E-state index is -0.268. The number of carbonyl (C=O) groups is 1. The lowest BCUT2D eigenvalue weighted by Crippen LogP contribution is -2.27. The van der Waals surface area contributed by atoms with Crippen LogP contribution >= 0.6 is 0 Å². The van der Waals surface area contributed by atoms with Gasteiger partial charge in [-0.2, -0.15) is 0 Å². The number of nitrogens with one attached hydrogen (secondary N) is 1. The van der Waals surface area contributed by atoms with E-state index < -0.39 is 0 Å². The van der Waals surface area contributed by atoms with Gasteiger partial charge < -0.3 is 11.1 Å². The van der Waals surface area contributed by atoms with Crippen molar-refractivity contribution in [1.82, 2.24) is 10.2 Å². The zero-order valence-corrected chi connectivity index (χ0v) is 15.2. The molecule has 0 aliphatic rings. The summed E-state index contributed by atoms with van der Waals surface area (Å²) in [5.74, 6) is -0.0227. The van der Waals surface area contributed by atoms with Crippen molar-refractivity contribution in [2.75, 3.05) is 13.1 Å². The number of amides is 1. The van der Waals surface area contributed by atoms with Gasteiger partial charge in [0.25, 0.3) is 0 Å². The Morgan fingerprint density at radius 1 is 1.04 bits per heavy atom. The number of hydrogen-bond acceptors (Lipinski definition) is 3. The lowest BCUT2D eigenvalue weighted by atomic mass is 10.0. The molecular weight excluding hydrogens is 310 g/mol. The minimum Gasteiger partial charge on any atom is -0.352 e. The highest BCUT2D eigenvalue weighted by Gasteiger charge is 2.11. The molecule has 134 valence electrons. The molecule has 3 N–H and O–H groups in total. The van der Waals surface area contributed by atoms with Gasteiger partial charge in [0.1, 0.15) is 0 Å². The normalized spacial score (nSPS) is 12.2. The summed E-state index contributed by atoms with van der Waals surface area (Å²) in [4.78, 5) is 14.5. The molecule has 0 aromatic heterocycles. The van der Waals surface area contributed by atoms with Crippen LogP contribution in [-0.4, -0.2) is 23.9 Å². The monoisotopic (exact) mass is 339 g/mol. The number of rotatable bonds is 9. The number of nitrogens with two attached hydrogens (primary N) is 1. The Morgan fingerprint density at radius 2 is 1.72 bits per heavy atom. The van der Waals surface area contributed by atoms with Crippen molar-refractivity contribution in [2.45, 2.75) is 39.4 Å². The van der Waals surface area contributed by atoms with Crippen molar-refractivity contribution in [3.63, 3.8) is 0 Å². The number of nitrogens with zero attached hydrogens (tertiary/aromatic N) is 1. The summed E-state index contributed by atoms with van der Waals surface area (Å²) in [6, 6.07) is 17.9. The molecule has 2 rings (SSSR count). The summed E-state index contributed by atoms with van der Waals surface area (Å²) in [7, 11) is 0. The third kappa shape index (κ3) is 6.33. The second-order valence-corrected chi connectivity index (χ2v) is 6.28. The Hall–Kier alpha value is -2.17. The summed E-state index contributed by atoms with van der Waals surface area (Å²) < 4.78 is 0. The van der Waals surface area contributed by atoms with Crippen molar-refractivity contribution in [1.29, 1.82) is 0 Å². The Balaban J connectivity index is 1.85. The minimum absolute atomic E-state index is 0.0227. The van der Waals surface area contributed by atoms with E-state index in [2.05, 4.69) is 42.3 Å². The van der Waals surface area contributed by atoms with Crippen LogP contribution in [0.15, 0.2) is 54.6 Å². The maximum atomic E-state index is 12.2. The summed E-state index contributed by atoms with van der Waals surface area (Å²) >= 11 is 0. The van der Waals surface area contributed by atoms with Crippen LogP contribution in [-0.2, 0) is 17.9 Å². The predicted molar refractivity (Wildman–Crippen MR) is 103 cm³/mol. The summed E-state index contributed by atoms with van der Waals surface area (Å²) in [6.07, 6.45) is 0.295. The maximum absolute atomic E-state index is 12.2. The lowest BCUT2D eigenvalue weighted by molar-refractivity contribution is -0.121. The van der Waals surface area contributed by atoms with Crippen LogP contribution in [0.2, 0.25) is 0 Å². The zero-order chi connectivity index (χ0) is 18.1. The average Bonchev–Trinajstić information content (AvgIpc) is 2.65. The summed E-state index contributed by atoms with van der Waals surface area (Å²) in [6.45, 7) is 7.89. The Morgan fingerprint density at radius 3 is 2.40 bits per heavy atom. The third-order valence-electron chi connectivity index (χ3n) is 4.41. The van der Waals surface area contributed by atoms with E-state index >= 15 is 0 Å². The second-order valence-electron chi connectivity index (χ2n) is 6.28. The second kappa shape index (κ2) is 9.97. The van der Waals surface area contributed by atoms with Gasteiger partial charge in [-0.05, 0) is 29.8 Å². The van der Waals surface area contributed by atoms with Crippen molar-refractivity contribution < 1.29 is 4.79 Å². The largest absolute Gasteiger partial charge is 0.352 e. The zero-order valence-electron chi connectivity index (χ0n) is 15.2. The standard InChI is InChI=1S/C21H29N3O/c1-3-24(4-2)16-18-10-8-9-17(13-18)15-23-21(25)14-20(22)19-11-6-5-7-12-19/h5-13,20H,3-4,14-16,22H2,1-2H3,(H,23,25). The van der Waals surface area contributed by atoms with E-state index in [-0.39, 0.29) is 11.9 Å². The molecule has 0 fully saturated rings. The van der Waals surface area contributed by atoms with Gasteiger partial charge in [-0.15, -0.1) is 0 Å². The molecule has 0 radical (unpaired) electrons. The molecule has 0 heterocycles. The van der Waals surface area contributed by atoms with E-state index in [1.165, 1.54) is 5.56 Å². The van der Waals surface area contributed by atoms with Gasteiger partial charge in [0.05, 0.1) is 0 Å². The molecule has 2 aromatic carbocycles. The maximum Gasteiger partial charge on any atom is 0.222 e. The van der Waals surface area contributed by atoms with Crippen LogP contribution in [0.25, 0.3) is 0 Å². The molecule has 0 spiro atoms. The van der Waals surface area contributed by atoms with Crippen LogP contribution in [0.1, 0.15) is 43.0 Å². The molecular formula is C21H29N3O. The van der Waals surface area contributed by atoms with Gasteiger partial charge in [0, 0.05) is 25.6 Å².